The second-order valence-electron chi connectivity index (χ2n) is 5.18. The Morgan fingerprint density at radius 1 is 1.37 bits per heavy atom. The molecule has 6 heteroatoms. The highest BCUT2D eigenvalue weighted by molar-refractivity contribution is 6.24. The molecular formula is C13H14N2O4. The number of hydrogen-bond acceptors (Lipinski definition) is 4. The van der Waals surface area contributed by atoms with Gasteiger partial charge in [0.25, 0.3) is 0 Å². The van der Waals surface area contributed by atoms with Crippen LogP contribution in [-0.2, 0) is 9.59 Å². The molecule has 100 valence electrons. The minimum Gasteiger partial charge on any atom is -0.478 e. The van der Waals surface area contributed by atoms with Gasteiger partial charge in [-0.15, -0.1) is 0 Å². The number of nitrogens with two attached hydrogens (primary N) is 1. The van der Waals surface area contributed by atoms with E-state index < -0.39 is 23.2 Å². The zero-order valence-electron chi connectivity index (χ0n) is 10.6. The number of imide groups is 1. The van der Waals surface area contributed by atoms with Crippen LogP contribution < -0.4 is 10.6 Å². The smallest absolute Gasteiger partial charge is 0.337 e. The van der Waals surface area contributed by atoms with Crippen molar-refractivity contribution in [3.8, 4) is 0 Å². The van der Waals surface area contributed by atoms with Crippen LogP contribution in [0.3, 0.4) is 0 Å². The number of benzene rings is 1. The molecule has 0 aromatic heterocycles. The van der Waals surface area contributed by atoms with E-state index in [4.69, 9.17) is 10.8 Å². The number of hydrogen-bond donors (Lipinski definition) is 2. The van der Waals surface area contributed by atoms with Gasteiger partial charge in [-0.1, -0.05) is 13.8 Å². The quantitative estimate of drug-likeness (QED) is 0.617. The molecule has 0 aliphatic carbocycles. The van der Waals surface area contributed by atoms with E-state index in [0.717, 1.165) is 4.90 Å². The summed E-state index contributed by atoms with van der Waals surface area (Å²) in [5.41, 5.74) is 5.00. The van der Waals surface area contributed by atoms with Gasteiger partial charge in [-0.2, -0.15) is 0 Å². The third kappa shape index (κ3) is 2.05. The summed E-state index contributed by atoms with van der Waals surface area (Å²) in [6.07, 6.45) is 0.0552. The number of rotatable bonds is 2. The number of nitrogen functional groups attached to an aromatic ring is 1. The average molecular weight is 262 g/mol. The number of aromatic carboxylic acids is 1. The van der Waals surface area contributed by atoms with Crippen LogP contribution in [0.25, 0.3) is 0 Å². The van der Waals surface area contributed by atoms with Crippen LogP contribution in [0.4, 0.5) is 11.4 Å². The zero-order valence-corrected chi connectivity index (χ0v) is 10.6. The first-order valence-electron chi connectivity index (χ1n) is 5.74. The summed E-state index contributed by atoms with van der Waals surface area (Å²) >= 11 is 0. The molecule has 1 aromatic carbocycles. The SMILES string of the molecule is CC1(C)CC(=O)N(c2cc(N)ccc2C(=O)O)C1=O. The molecule has 0 atom stereocenters. The molecule has 3 N–H and O–H groups in total. The Morgan fingerprint density at radius 2 is 2.00 bits per heavy atom. The van der Waals surface area contributed by atoms with Crippen molar-refractivity contribution >= 4 is 29.2 Å². The Hall–Kier alpha value is -2.37. The predicted octanol–water partition coefficient (Wildman–Crippen LogP) is 1.26. The van der Waals surface area contributed by atoms with Gasteiger partial charge in [-0.3, -0.25) is 9.59 Å². The molecule has 0 unspecified atom stereocenters. The summed E-state index contributed by atoms with van der Waals surface area (Å²) in [7, 11) is 0. The number of amides is 2. The Morgan fingerprint density at radius 3 is 2.47 bits per heavy atom. The maximum atomic E-state index is 12.2. The fourth-order valence-corrected chi connectivity index (χ4v) is 2.11. The van der Waals surface area contributed by atoms with E-state index in [1.165, 1.54) is 18.2 Å². The van der Waals surface area contributed by atoms with Gasteiger partial charge in [0, 0.05) is 12.1 Å². The van der Waals surface area contributed by atoms with Gasteiger partial charge < -0.3 is 10.8 Å². The van der Waals surface area contributed by atoms with E-state index >= 15 is 0 Å². The highest BCUT2D eigenvalue weighted by atomic mass is 16.4. The third-order valence-electron chi connectivity index (χ3n) is 3.12. The van der Waals surface area contributed by atoms with E-state index in [2.05, 4.69) is 0 Å². The first kappa shape index (κ1) is 13.1. The topological polar surface area (TPSA) is 101 Å². The monoisotopic (exact) mass is 262 g/mol. The molecule has 2 rings (SSSR count). The highest BCUT2D eigenvalue weighted by Crippen LogP contribution is 2.37. The Labute approximate surface area is 109 Å². The van der Waals surface area contributed by atoms with Crippen LogP contribution in [-0.4, -0.2) is 22.9 Å². The Bertz CT molecular complexity index is 592. The molecule has 0 radical (unpaired) electrons. The normalized spacial score (nSPS) is 17.9. The van der Waals surface area contributed by atoms with Crippen molar-refractivity contribution in [3.63, 3.8) is 0 Å². The van der Waals surface area contributed by atoms with Crippen LogP contribution in [0.1, 0.15) is 30.6 Å². The molecule has 0 bridgehead atoms. The summed E-state index contributed by atoms with van der Waals surface area (Å²) < 4.78 is 0. The van der Waals surface area contributed by atoms with Crippen molar-refractivity contribution in [2.75, 3.05) is 10.6 Å². The van der Waals surface area contributed by atoms with Crippen molar-refractivity contribution in [2.45, 2.75) is 20.3 Å². The zero-order chi connectivity index (χ0) is 14.4. The van der Waals surface area contributed by atoms with Gasteiger partial charge in [0.2, 0.25) is 11.8 Å². The number of anilines is 2. The van der Waals surface area contributed by atoms with Gasteiger partial charge in [0.15, 0.2) is 0 Å². The molecular weight excluding hydrogens is 248 g/mol. The summed E-state index contributed by atoms with van der Waals surface area (Å²) in [4.78, 5) is 36.2. The lowest BCUT2D eigenvalue weighted by molar-refractivity contribution is -0.124. The van der Waals surface area contributed by atoms with Gasteiger partial charge in [0.05, 0.1) is 16.7 Å². The number of carboxylic acids is 1. The molecule has 0 saturated carbocycles. The van der Waals surface area contributed by atoms with E-state index in [1.807, 2.05) is 0 Å². The average Bonchev–Trinajstić information content (AvgIpc) is 2.47. The van der Waals surface area contributed by atoms with Crippen LogP contribution >= 0.6 is 0 Å². The third-order valence-corrected chi connectivity index (χ3v) is 3.12. The summed E-state index contributed by atoms with van der Waals surface area (Å²) in [6, 6.07) is 4.04. The van der Waals surface area contributed by atoms with Gasteiger partial charge in [-0.05, 0) is 18.2 Å². The van der Waals surface area contributed by atoms with Crippen LogP contribution in [0, 0.1) is 5.41 Å². The van der Waals surface area contributed by atoms with Crippen molar-refractivity contribution in [3.05, 3.63) is 23.8 Å². The van der Waals surface area contributed by atoms with E-state index in [1.54, 1.807) is 13.8 Å². The lowest BCUT2D eigenvalue weighted by Gasteiger charge is -2.19. The fourth-order valence-electron chi connectivity index (χ4n) is 2.11. The van der Waals surface area contributed by atoms with E-state index in [9.17, 15) is 14.4 Å². The van der Waals surface area contributed by atoms with E-state index in [0.29, 0.717) is 5.69 Å². The number of carbonyl (C=O) groups is 3. The number of nitrogens with zero attached hydrogens (tertiary/aromatic N) is 1. The molecule has 1 fully saturated rings. The molecule has 1 saturated heterocycles. The Kier molecular flexibility index (Phi) is 2.81. The molecule has 2 amide bonds. The Balaban J connectivity index is 2.59. The van der Waals surface area contributed by atoms with Crippen molar-refractivity contribution in [1.29, 1.82) is 0 Å². The highest BCUT2D eigenvalue weighted by Gasteiger charge is 2.46. The summed E-state index contributed by atoms with van der Waals surface area (Å²) in [5.74, 6) is -2.03. The standard InChI is InChI=1S/C13H14N2O4/c1-13(2)6-10(16)15(12(13)19)9-5-7(14)3-4-8(9)11(17)18/h3-5H,6,14H2,1-2H3,(H,17,18). The van der Waals surface area contributed by atoms with Crippen LogP contribution in [0.5, 0.6) is 0 Å². The molecule has 6 nitrogen and oxygen atoms in total. The fraction of sp³-hybridized carbons (Fsp3) is 0.308. The molecule has 1 aliphatic heterocycles. The van der Waals surface area contributed by atoms with Gasteiger partial charge in [-0.25, -0.2) is 9.69 Å². The predicted molar refractivity (Wildman–Crippen MR) is 68.7 cm³/mol. The van der Waals surface area contributed by atoms with Crippen molar-refractivity contribution in [2.24, 2.45) is 5.41 Å². The van der Waals surface area contributed by atoms with Gasteiger partial charge in [0.1, 0.15) is 0 Å². The second-order valence-corrected chi connectivity index (χ2v) is 5.18. The van der Waals surface area contributed by atoms with E-state index in [-0.39, 0.29) is 17.7 Å². The maximum absolute atomic E-state index is 12.2. The second kappa shape index (κ2) is 4.08. The summed E-state index contributed by atoms with van der Waals surface area (Å²) in [5, 5.41) is 9.13. The van der Waals surface area contributed by atoms with Crippen LogP contribution in [0.15, 0.2) is 18.2 Å². The largest absolute Gasteiger partial charge is 0.478 e. The molecule has 1 heterocycles. The van der Waals surface area contributed by atoms with Crippen LogP contribution in [0.2, 0.25) is 0 Å². The number of carboxylic acid groups (broad SMARTS) is 1. The summed E-state index contributed by atoms with van der Waals surface area (Å²) in [6.45, 7) is 3.31. The van der Waals surface area contributed by atoms with Crippen molar-refractivity contribution in [1.82, 2.24) is 0 Å². The number of carbonyl (C=O) groups excluding carboxylic acids is 2. The molecule has 1 aliphatic rings. The van der Waals surface area contributed by atoms with Crippen molar-refractivity contribution < 1.29 is 19.5 Å². The maximum Gasteiger partial charge on any atom is 0.337 e. The van der Waals surface area contributed by atoms with Gasteiger partial charge >= 0.3 is 5.97 Å². The minimum atomic E-state index is -1.21. The molecule has 19 heavy (non-hydrogen) atoms. The lowest BCUT2D eigenvalue weighted by Crippen LogP contribution is -2.34. The minimum absolute atomic E-state index is 0.0353. The first-order chi connectivity index (χ1) is 8.74. The lowest BCUT2D eigenvalue weighted by atomic mass is 9.92. The first-order valence-corrected chi connectivity index (χ1v) is 5.74. The molecule has 0 spiro atoms. The molecule has 1 aromatic rings.